The average molecular weight is 275 g/mol. The molecule has 1 aliphatic carbocycles. The molecule has 0 bridgehead atoms. The number of nitro benzene ring substituents is 1. The summed E-state index contributed by atoms with van der Waals surface area (Å²) in [6.07, 6.45) is 3.06. The number of carbonyl (C=O) groups excluding carboxylic acids is 1. The van der Waals surface area contributed by atoms with Gasteiger partial charge in [0.2, 0.25) is 5.91 Å². The van der Waals surface area contributed by atoms with Gasteiger partial charge in [-0.25, -0.2) is 0 Å². The van der Waals surface area contributed by atoms with Gasteiger partial charge in [-0.2, -0.15) is 0 Å². The lowest BCUT2D eigenvalue weighted by Gasteiger charge is -2.17. The van der Waals surface area contributed by atoms with Crippen molar-refractivity contribution in [2.45, 2.75) is 19.3 Å². The SMILES string of the molecule is O=C(CNCC1CC1)N1CCc2c1cccc2[N+](=O)[O-]. The fraction of sp³-hybridized carbons (Fsp3) is 0.500. The van der Waals surface area contributed by atoms with Crippen molar-refractivity contribution < 1.29 is 9.72 Å². The lowest BCUT2D eigenvalue weighted by molar-refractivity contribution is -0.385. The van der Waals surface area contributed by atoms with E-state index in [0.29, 0.717) is 30.8 Å². The number of hydrogen-bond acceptors (Lipinski definition) is 4. The lowest BCUT2D eigenvalue weighted by atomic mass is 10.1. The topological polar surface area (TPSA) is 75.5 Å². The second kappa shape index (κ2) is 5.20. The first-order chi connectivity index (χ1) is 9.66. The van der Waals surface area contributed by atoms with Gasteiger partial charge in [-0.05, 0) is 37.8 Å². The molecule has 0 spiro atoms. The normalized spacial score (nSPS) is 17.1. The first kappa shape index (κ1) is 13.1. The third-order valence-electron chi connectivity index (χ3n) is 3.91. The lowest BCUT2D eigenvalue weighted by Crippen LogP contribution is -2.37. The summed E-state index contributed by atoms with van der Waals surface area (Å²) in [5, 5.41) is 14.1. The van der Waals surface area contributed by atoms with Crippen LogP contribution in [-0.4, -0.2) is 30.5 Å². The monoisotopic (exact) mass is 275 g/mol. The Morgan fingerprint density at radius 1 is 1.45 bits per heavy atom. The number of amides is 1. The Kier molecular flexibility index (Phi) is 3.40. The van der Waals surface area contributed by atoms with Crippen molar-refractivity contribution in [3.63, 3.8) is 0 Å². The molecule has 1 heterocycles. The van der Waals surface area contributed by atoms with Gasteiger partial charge in [0.15, 0.2) is 0 Å². The minimum absolute atomic E-state index is 0.00935. The summed E-state index contributed by atoms with van der Waals surface area (Å²) in [6, 6.07) is 4.92. The average Bonchev–Trinajstić information content (AvgIpc) is 3.15. The number of nitrogens with one attached hydrogen (secondary N) is 1. The fourth-order valence-electron chi connectivity index (χ4n) is 2.65. The van der Waals surface area contributed by atoms with Crippen molar-refractivity contribution in [2.75, 3.05) is 24.5 Å². The summed E-state index contributed by atoms with van der Waals surface area (Å²) in [4.78, 5) is 24.4. The molecule has 1 fully saturated rings. The van der Waals surface area contributed by atoms with E-state index in [9.17, 15) is 14.9 Å². The highest BCUT2D eigenvalue weighted by molar-refractivity contribution is 5.97. The number of rotatable bonds is 5. The summed E-state index contributed by atoms with van der Waals surface area (Å²) < 4.78 is 0. The molecule has 1 aromatic rings. The molecular formula is C14H17N3O3. The highest BCUT2D eigenvalue weighted by atomic mass is 16.6. The van der Waals surface area contributed by atoms with Crippen LogP contribution < -0.4 is 10.2 Å². The number of nitro groups is 1. The third kappa shape index (κ3) is 2.51. The molecule has 1 aliphatic heterocycles. The Balaban J connectivity index is 1.69. The summed E-state index contributed by atoms with van der Waals surface area (Å²) in [5.74, 6) is 0.722. The van der Waals surface area contributed by atoms with Gasteiger partial charge in [-0.3, -0.25) is 14.9 Å². The van der Waals surface area contributed by atoms with Crippen LogP contribution in [0.15, 0.2) is 18.2 Å². The quantitative estimate of drug-likeness (QED) is 0.652. The number of hydrogen-bond donors (Lipinski definition) is 1. The van der Waals surface area contributed by atoms with Crippen LogP contribution in [0.3, 0.4) is 0 Å². The van der Waals surface area contributed by atoms with Crippen molar-refractivity contribution in [3.8, 4) is 0 Å². The van der Waals surface area contributed by atoms with Gasteiger partial charge in [0.1, 0.15) is 0 Å². The number of benzene rings is 1. The first-order valence-electron chi connectivity index (χ1n) is 6.94. The molecule has 1 amide bonds. The van der Waals surface area contributed by atoms with Crippen molar-refractivity contribution >= 4 is 17.3 Å². The molecule has 0 radical (unpaired) electrons. The van der Waals surface area contributed by atoms with Crippen molar-refractivity contribution in [3.05, 3.63) is 33.9 Å². The number of anilines is 1. The van der Waals surface area contributed by atoms with E-state index in [1.165, 1.54) is 18.9 Å². The van der Waals surface area contributed by atoms with Crippen LogP contribution in [0.5, 0.6) is 0 Å². The van der Waals surface area contributed by atoms with Crippen LogP contribution in [-0.2, 0) is 11.2 Å². The van der Waals surface area contributed by atoms with Gasteiger partial charge in [-0.1, -0.05) is 6.07 Å². The van der Waals surface area contributed by atoms with E-state index in [0.717, 1.165) is 12.5 Å². The van der Waals surface area contributed by atoms with Gasteiger partial charge < -0.3 is 10.2 Å². The van der Waals surface area contributed by atoms with E-state index in [4.69, 9.17) is 0 Å². The van der Waals surface area contributed by atoms with Gasteiger partial charge >= 0.3 is 0 Å². The summed E-state index contributed by atoms with van der Waals surface area (Å²) in [6.45, 7) is 1.73. The second-order valence-corrected chi connectivity index (χ2v) is 5.40. The van der Waals surface area contributed by atoms with E-state index in [1.54, 1.807) is 17.0 Å². The number of fused-ring (bicyclic) bond motifs is 1. The van der Waals surface area contributed by atoms with Crippen LogP contribution in [0, 0.1) is 16.0 Å². The van der Waals surface area contributed by atoms with Crippen LogP contribution >= 0.6 is 0 Å². The van der Waals surface area contributed by atoms with Crippen LogP contribution in [0.25, 0.3) is 0 Å². The molecular weight excluding hydrogens is 258 g/mol. The van der Waals surface area contributed by atoms with Crippen molar-refractivity contribution in [2.24, 2.45) is 5.92 Å². The zero-order valence-corrected chi connectivity index (χ0v) is 11.2. The summed E-state index contributed by atoms with van der Waals surface area (Å²) in [7, 11) is 0. The van der Waals surface area contributed by atoms with E-state index < -0.39 is 0 Å². The zero-order chi connectivity index (χ0) is 14.1. The minimum Gasteiger partial charge on any atom is -0.310 e. The molecule has 0 atom stereocenters. The molecule has 2 aliphatic rings. The second-order valence-electron chi connectivity index (χ2n) is 5.40. The summed E-state index contributed by atoms with van der Waals surface area (Å²) in [5.41, 5.74) is 1.48. The van der Waals surface area contributed by atoms with Crippen LogP contribution in [0.2, 0.25) is 0 Å². The minimum atomic E-state index is -0.377. The van der Waals surface area contributed by atoms with Crippen molar-refractivity contribution in [1.82, 2.24) is 5.32 Å². The smallest absolute Gasteiger partial charge is 0.274 e. The highest BCUT2D eigenvalue weighted by Gasteiger charge is 2.30. The van der Waals surface area contributed by atoms with Crippen LogP contribution in [0.4, 0.5) is 11.4 Å². The molecule has 20 heavy (non-hydrogen) atoms. The molecule has 6 nitrogen and oxygen atoms in total. The predicted molar refractivity (Wildman–Crippen MR) is 74.7 cm³/mol. The van der Waals surface area contributed by atoms with E-state index in [1.807, 2.05) is 0 Å². The molecule has 1 N–H and O–H groups in total. The summed E-state index contributed by atoms with van der Waals surface area (Å²) >= 11 is 0. The molecule has 0 unspecified atom stereocenters. The maximum absolute atomic E-state index is 12.2. The standard InChI is InChI=1S/C14H17N3O3/c18-14(9-15-8-10-4-5-10)16-7-6-11-12(16)2-1-3-13(11)17(19)20/h1-3,10,15H,4-9H2. The van der Waals surface area contributed by atoms with Gasteiger partial charge in [0.25, 0.3) is 5.69 Å². The Morgan fingerprint density at radius 3 is 2.95 bits per heavy atom. The Labute approximate surface area is 116 Å². The van der Waals surface area contributed by atoms with Gasteiger partial charge in [0, 0.05) is 12.6 Å². The van der Waals surface area contributed by atoms with E-state index in [-0.39, 0.29) is 16.5 Å². The number of carbonyl (C=O) groups is 1. The molecule has 3 rings (SSSR count). The molecule has 0 aromatic heterocycles. The Hall–Kier alpha value is -1.95. The largest absolute Gasteiger partial charge is 0.310 e. The van der Waals surface area contributed by atoms with E-state index >= 15 is 0 Å². The molecule has 0 saturated heterocycles. The zero-order valence-electron chi connectivity index (χ0n) is 11.2. The number of nitrogens with zero attached hydrogens (tertiary/aromatic N) is 2. The molecule has 1 aromatic carbocycles. The highest BCUT2D eigenvalue weighted by Crippen LogP contribution is 2.34. The van der Waals surface area contributed by atoms with Gasteiger partial charge in [0.05, 0.1) is 22.7 Å². The third-order valence-corrected chi connectivity index (χ3v) is 3.91. The maximum Gasteiger partial charge on any atom is 0.274 e. The Morgan fingerprint density at radius 2 is 2.25 bits per heavy atom. The Bertz CT molecular complexity index is 555. The molecule has 106 valence electrons. The maximum atomic E-state index is 12.2. The van der Waals surface area contributed by atoms with Gasteiger partial charge in [-0.15, -0.1) is 0 Å². The fourth-order valence-corrected chi connectivity index (χ4v) is 2.65. The van der Waals surface area contributed by atoms with Crippen molar-refractivity contribution in [1.29, 1.82) is 0 Å². The van der Waals surface area contributed by atoms with E-state index in [2.05, 4.69) is 5.32 Å². The molecule has 6 heteroatoms. The van der Waals surface area contributed by atoms with Crippen LogP contribution in [0.1, 0.15) is 18.4 Å². The first-order valence-corrected chi connectivity index (χ1v) is 6.94. The molecule has 1 saturated carbocycles. The predicted octanol–water partition coefficient (Wildman–Crippen LogP) is 1.48.